The Morgan fingerprint density at radius 1 is 1.30 bits per heavy atom. The molecule has 1 heterocycles. The van der Waals surface area contributed by atoms with E-state index in [1.54, 1.807) is 12.1 Å². The van der Waals surface area contributed by atoms with Crippen LogP contribution in [-0.4, -0.2) is 16.9 Å². The maximum absolute atomic E-state index is 12.3. The van der Waals surface area contributed by atoms with Gasteiger partial charge in [0.2, 0.25) is 0 Å². The summed E-state index contributed by atoms with van der Waals surface area (Å²) < 4.78 is 0. The number of nitrogens with one attached hydrogen (secondary N) is 1. The maximum Gasteiger partial charge on any atom is 0.251 e. The van der Waals surface area contributed by atoms with E-state index in [1.807, 2.05) is 0 Å². The summed E-state index contributed by atoms with van der Waals surface area (Å²) in [6, 6.07) is 3.30. The van der Waals surface area contributed by atoms with Crippen molar-refractivity contribution in [3.05, 3.63) is 28.0 Å². The fourth-order valence-electron chi connectivity index (χ4n) is 3.90. The lowest BCUT2D eigenvalue weighted by atomic mass is 9.84. The number of pyridine rings is 1. The predicted molar refractivity (Wildman–Crippen MR) is 80.1 cm³/mol. The van der Waals surface area contributed by atoms with Crippen molar-refractivity contribution < 1.29 is 4.79 Å². The summed E-state index contributed by atoms with van der Waals surface area (Å²) in [5.41, 5.74) is 0.477. The van der Waals surface area contributed by atoms with Crippen LogP contribution >= 0.6 is 23.2 Å². The van der Waals surface area contributed by atoms with E-state index in [-0.39, 0.29) is 22.3 Å². The smallest absolute Gasteiger partial charge is 0.251 e. The molecule has 2 fully saturated rings. The number of halogens is 2. The average Bonchev–Trinajstić information content (AvgIpc) is 2.99. The number of rotatable bonds is 3. The molecule has 2 saturated carbocycles. The lowest BCUT2D eigenvalue weighted by Crippen LogP contribution is -2.40. The van der Waals surface area contributed by atoms with Gasteiger partial charge < -0.3 is 5.32 Å². The summed E-state index contributed by atoms with van der Waals surface area (Å²) >= 11 is 11.7. The minimum absolute atomic E-state index is 0.119. The average molecular weight is 313 g/mol. The lowest BCUT2D eigenvalue weighted by molar-refractivity contribution is 0.0915. The van der Waals surface area contributed by atoms with Crippen molar-refractivity contribution in [1.29, 1.82) is 0 Å². The molecule has 2 bridgehead atoms. The van der Waals surface area contributed by atoms with Crippen LogP contribution in [0.4, 0.5) is 0 Å². The Hall–Kier alpha value is -0.800. The summed E-state index contributed by atoms with van der Waals surface area (Å²) in [5.74, 6) is 2.17. The van der Waals surface area contributed by atoms with E-state index < -0.39 is 0 Å². The van der Waals surface area contributed by atoms with Crippen LogP contribution in [0.2, 0.25) is 10.3 Å². The molecule has 0 unspecified atom stereocenters. The standard InChI is InChI=1S/C15H18Cl2N2O/c1-8(12-5-9-2-3-10(12)4-9)18-15(20)11-6-13(16)19-14(17)7-11/h6-10,12H,2-5H2,1H3,(H,18,20)/t8-,9+,10+,12-/m0/s1. The van der Waals surface area contributed by atoms with Gasteiger partial charge in [0.25, 0.3) is 5.91 Å². The largest absolute Gasteiger partial charge is 0.349 e. The zero-order valence-corrected chi connectivity index (χ0v) is 12.9. The number of carbonyl (C=O) groups excluding carboxylic acids is 1. The summed E-state index contributed by atoms with van der Waals surface area (Å²) in [6.45, 7) is 2.10. The predicted octanol–water partition coefficient (Wildman–Crippen LogP) is 3.94. The molecule has 1 aromatic heterocycles. The molecule has 5 heteroatoms. The van der Waals surface area contributed by atoms with Crippen molar-refractivity contribution in [3.63, 3.8) is 0 Å². The highest BCUT2D eigenvalue weighted by Gasteiger charge is 2.42. The highest BCUT2D eigenvalue weighted by molar-refractivity contribution is 6.33. The summed E-state index contributed by atoms with van der Waals surface area (Å²) in [6.07, 6.45) is 5.29. The third-order valence-corrected chi connectivity index (χ3v) is 5.21. The van der Waals surface area contributed by atoms with Gasteiger partial charge in [-0.3, -0.25) is 4.79 Å². The van der Waals surface area contributed by atoms with Crippen LogP contribution in [-0.2, 0) is 0 Å². The Bertz CT molecular complexity index is 514. The highest BCUT2D eigenvalue weighted by Crippen LogP contribution is 2.49. The monoisotopic (exact) mass is 312 g/mol. The molecule has 3 nitrogen and oxygen atoms in total. The summed E-state index contributed by atoms with van der Waals surface area (Å²) in [4.78, 5) is 16.1. The number of nitrogens with zero attached hydrogens (tertiary/aromatic N) is 1. The third kappa shape index (κ3) is 2.79. The number of hydrogen-bond acceptors (Lipinski definition) is 2. The Labute approximate surface area is 129 Å². The maximum atomic E-state index is 12.3. The van der Waals surface area contributed by atoms with Crippen LogP contribution in [0, 0.1) is 17.8 Å². The van der Waals surface area contributed by atoms with Crippen molar-refractivity contribution in [2.45, 2.75) is 38.6 Å². The van der Waals surface area contributed by atoms with Crippen molar-refractivity contribution in [2.75, 3.05) is 0 Å². The van der Waals surface area contributed by atoms with Crippen molar-refractivity contribution in [3.8, 4) is 0 Å². The molecule has 3 rings (SSSR count). The fourth-order valence-corrected chi connectivity index (χ4v) is 4.36. The molecule has 20 heavy (non-hydrogen) atoms. The quantitative estimate of drug-likeness (QED) is 0.859. The van der Waals surface area contributed by atoms with Gasteiger partial charge in [-0.2, -0.15) is 0 Å². The van der Waals surface area contributed by atoms with Crippen molar-refractivity contribution in [1.82, 2.24) is 10.3 Å². The van der Waals surface area contributed by atoms with Gasteiger partial charge in [-0.1, -0.05) is 29.6 Å². The molecule has 4 atom stereocenters. The molecule has 1 amide bonds. The lowest BCUT2D eigenvalue weighted by Gasteiger charge is -2.28. The molecule has 108 valence electrons. The minimum atomic E-state index is -0.119. The second kappa shape index (κ2) is 5.53. The van der Waals surface area contributed by atoms with E-state index in [1.165, 1.54) is 25.7 Å². The zero-order valence-electron chi connectivity index (χ0n) is 11.4. The first-order valence-electron chi connectivity index (χ1n) is 7.17. The molecule has 0 spiro atoms. The molecule has 0 aromatic carbocycles. The molecular formula is C15H18Cl2N2O. The van der Waals surface area contributed by atoms with E-state index in [9.17, 15) is 4.79 Å². The number of hydrogen-bond donors (Lipinski definition) is 1. The van der Waals surface area contributed by atoms with E-state index in [2.05, 4.69) is 17.2 Å². The number of aromatic nitrogens is 1. The van der Waals surface area contributed by atoms with Crippen LogP contribution in [0.25, 0.3) is 0 Å². The van der Waals surface area contributed by atoms with E-state index >= 15 is 0 Å². The van der Waals surface area contributed by atoms with Crippen LogP contribution < -0.4 is 5.32 Å². The van der Waals surface area contributed by atoms with Gasteiger partial charge in [0.15, 0.2) is 0 Å². The van der Waals surface area contributed by atoms with Gasteiger partial charge in [0.1, 0.15) is 10.3 Å². The molecule has 1 N–H and O–H groups in total. The van der Waals surface area contributed by atoms with Gasteiger partial charge in [-0.05, 0) is 56.1 Å². The van der Waals surface area contributed by atoms with Crippen LogP contribution in [0.15, 0.2) is 12.1 Å². The Kier molecular flexibility index (Phi) is 3.91. The number of carbonyl (C=O) groups is 1. The van der Waals surface area contributed by atoms with E-state index in [0.717, 1.165) is 11.8 Å². The molecular weight excluding hydrogens is 295 g/mol. The number of amides is 1. The normalized spacial score (nSPS) is 29.4. The molecule has 2 aliphatic rings. The second-order valence-corrected chi connectivity index (χ2v) is 6.88. The zero-order chi connectivity index (χ0) is 14.3. The van der Waals surface area contributed by atoms with Gasteiger partial charge in [-0.15, -0.1) is 0 Å². The van der Waals surface area contributed by atoms with Crippen LogP contribution in [0.5, 0.6) is 0 Å². The van der Waals surface area contributed by atoms with Crippen LogP contribution in [0.1, 0.15) is 43.0 Å². The van der Waals surface area contributed by atoms with Gasteiger partial charge in [-0.25, -0.2) is 4.98 Å². The molecule has 2 aliphatic carbocycles. The van der Waals surface area contributed by atoms with Gasteiger partial charge in [0, 0.05) is 11.6 Å². The van der Waals surface area contributed by atoms with Crippen molar-refractivity contribution in [2.24, 2.45) is 17.8 Å². The first-order chi connectivity index (χ1) is 9.52. The molecule has 0 radical (unpaired) electrons. The Morgan fingerprint density at radius 2 is 2.00 bits per heavy atom. The third-order valence-electron chi connectivity index (χ3n) is 4.82. The first-order valence-corrected chi connectivity index (χ1v) is 7.92. The topological polar surface area (TPSA) is 42.0 Å². The molecule has 0 saturated heterocycles. The highest BCUT2D eigenvalue weighted by atomic mass is 35.5. The van der Waals surface area contributed by atoms with E-state index in [0.29, 0.717) is 11.5 Å². The van der Waals surface area contributed by atoms with Crippen molar-refractivity contribution >= 4 is 29.1 Å². The summed E-state index contributed by atoms with van der Waals surface area (Å²) in [7, 11) is 0. The van der Waals surface area contributed by atoms with Gasteiger partial charge in [0.05, 0.1) is 0 Å². The fraction of sp³-hybridized carbons (Fsp3) is 0.600. The van der Waals surface area contributed by atoms with Gasteiger partial charge >= 0.3 is 0 Å². The Balaban J connectivity index is 1.66. The first kappa shape index (κ1) is 14.2. The van der Waals surface area contributed by atoms with Crippen LogP contribution in [0.3, 0.4) is 0 Å². The Morgan fingerprint density at radius 3 is 2.55 bits per heavy atom. The summed E-state index contributed by atoms with van der Waals surface area (Å²) in [5, 5.41) is 3.58. The minimum Gasteiger partial charge on any atom is -0.349 e. The number of fused-ring (bicyclic) bond motifs is 2. The second-order valence-electron chi connectivity index (χ2n) is 6.10. The molecule has 1 aromatic rings. The van der Waals surface area contributed by atoms with E-state index in [4.69, 9.17) is 23.2 Å². The SMILES string of the molecule is C[C@H](NC(=O)c1cc(Cl)nc(Cl)c1)[C@@H]1C[C@@H]2CC[C@@H]1C2. The molecule has 0 aliphatic heterocycles.